The van der Waals surface area contributed by atoms with Gasteiger partial charge in [0.05, 0.1) is 6.04 Å². The van der Waals surface area contributed by atoms with Crippen LogP contribution in [0.1, 0.15) is 6.42 Å². The quantitative estimate of drug-likeness (QED) is 0.410. The molecule has 3 unspecified atom stereocenters. The highest BCUT2D eigenvalue weighted by molar-refractivity contribution is 5.58. The lowest BCUT2D eigenvalue weighted by molar-refractivity contribution is -0.109. The summed E-state index contributed by atoms with van der Waals surface area (Å²) in [7, 11) is 0. The molecule has 2 nitrogen and oxygen atoms in total. The van der Waals surface area contributed by atoms with Crippen LogP contribution in [0, 0.1) is 0 Å². The van der Waals surface area contributed by atoms with Crippen LogP contribution in [0.3, 0.4) is 0 Å². The van der Waals surface area contributed by atoms with E-state index in [9.17, 15) is 13.6 Å². The van der Waals surface area contributed by atoms with Gasteiger partial charge in [-0.25, -0.2) is 8.78 Å². The van der Waals surface area contributed by atoms with Crippen molar-refractivity contribution >= 4 is 6.29 Å². The fraction of sp³-hybridized carbons (Fsp3) is 0.800. The minimum atomic E-state index is -1.65. The molecular weight excluding hydrogens is 128 g/mol. The molecule has 0 spiro atoms. The van der Waals surface area contributed by atoms with E-state index in [4.69, 9.17) is 0 Å². The minimum Gasteiger partial charge on any atom is -0.302 e. The Kier molecular flexibility index (Phi) is 1.75. The predicted octanol–water partition coefficient (Wildman–Crippen LogP) is 0.181. The van der Waals surface area contributed by atoms with Gasteiger partial charge in [-0.05, 0) is 0 Å². The maximum Gasteiger partial charge on any atom is 0.183 e. The topological polar surface area (TPSA) is 29.1 Å². The van der Waals surface area contributed by atoms with Gasteiger partial charge in [0.15, 0.2) is 6.30 Å². The van der Waals surface area contributed by atoms with Crippen molar-refractivity contribution in [1.82, 2.24) is 5.32 Å². The van der Waals surface area contributed by atoms with Crippen LogP contribution in [-0.4, -0.2) is 24.8 Å². The number of halogens is 2. The van der Waals surface area contributed by atoms with Crippen LogP contribution >= 0.6 is 0 Å². The molecule has 0 amide bonds. The van der Waals surface area contributed by atoms with Crippen molar-refractivity contribution in [2.24, 2.45) is 0 Å². The normalized spacial score (nSPS) is 43.1. The molecule has 1 N–H and O–H groups in total. The van der Waals surface area contributed by atoms with E-state index >= 15 is 0 Å². The highest BCUT2D eigenvalue weighted by Crippen LogP contribution is 2.15. The Hall–Kier alpha value is -0.510. The molecule has 1 heterocycles. The first-order chi connectivity index (χ1) is 4.24. The van der Waals surface area contributed by atoms with Crippen molar-refractivity contribution in [1.29, 1.82) is 0 Å². The monoisotopic (exact) mass is 135 g/mol. The smallest absolute Gasteiger partial charge is 0.183 e. The van der Waals surface area contributed by atoms with Gasteiger partial charge in [0.2, 0.25) is 0 Å². The van der Waals surface area contributed by atoms with Crippen LogP contribution in [0.4, 0.5) is 8.78 Å². The van der Waals surface area contributed by atoms with E-state index in [1.807, 2.05) is 0 Å². The molecule has 1 aliphatic heterocycles. The third-order valence-corrected chi connectivity index (χ3v) is 1.33. The lowest BCUT2D eigenvalue weighted by Crippen LogP contribution is -2.28. The Morgan fingerprint density at radius 3 is 2.44 bits per heavy atom. The van der Waals surface area contributed by atoms with Crippen molar-refractivity contribution in [3.05, 3.63) is 0 Å². The van der Waals surface area contributed by atoms with E-state index in [1.54, 1.807) is 0 Å². The van der Waals surface area contributed by atoms with E-state index in [2.05, 4.69) is 5.32 Å². The van der Waals surface area contributed by atoms with Gasteiger partial charge in [-0.1, -0.05) is 0 Å². The van der Waals surface area contributed by atoms with Gasteiger partial charge >= 0.3 is 0 Å². The highest BCUT2D eigenvalue weighted by Gasteiger charge is 2.33. The average Bonchev–Trinajstić information content (AvgIpc) is 2.13. The Morgan fingerprint density at radius 2 is 2.22 bits per heavy atom. The maximum atomic E-state index is 12.2. The molecule has 0 aromatic carbocycles. The zero-order valence-electron chi connectivity index (χ0n) is 4.68. The van der Waals surface area contributed by atoms with E-state index in [0.717, 1.165) is 0 Å². The third kappa shape index (κ3) is 1.24. The van der Waals surface area contributed by atoms with Gasteiger partial charge in [-0.2, -0.15) is 0 Å². The number of rotatable bonds is 1. The number of carbonyl (C=O) groups is 1. The van der Waals surface area contributed by atoms with Gasteiger partial charge < -0.3 is 4.79 Å². The van der Waals surface area contributed by atoms with Crippen molar-refractivity contribution in [3.8, 4) is 0 Å². The second-order valence-electron chi connectivity index (χ2n) is 2.06. The van der Waals surface area contributed by atoms with Gasteiger partial charge in [0.25, 0.3) is 0 Å². The SMILES string of the molecule is O=CC1CC(F)C(F)N1. The minimum absolute atomic E-state index is 0.0370. The van der Waals surface area contributed by atoms with E-state index in [1.165, 1.54) is 0 Å². The number of nitrogens with one attached hydrogen (secondary N) is 1. The first-order valence-electron chi connectivity index (χ1n) is 2.73. The summed E-state index contributed by atoms with van der Waals surface area (Å²) in [6.45, 7) is 0. The molecule has 0 bridgehead atoms. The summed E-state index contributed by atoms with van der Waals surface area (Å²) in [5.74, 6) is 0. The van der Waals surface area contributed by atoms with E-state index < -0.39 is 18.5 Å². The average molecular weight is 135 g/mol. The molecule has 1 aliphatic rings. The molecule has 1 rings (SSSR count). The summed E-state index contributed by atoms with van der Waals surface area (Å²) in [5.41, 5.74) is 0. The molecular formula is C5H7F2NO. The standard InChI is InChI=1S/C5H7F2NO/c6-4-1-3(2-9)8-5(4)7/h2-5,8H,1H2. The fourth-order valence-corrected chi connectivity index (χ4v) is 0.834. The Labute approximate surface area is 51.2 Å². The summed E-state index contributed by atoms with van der Waals surface area (Å²) in [4.78, 5) is 9.90. The molecule has 0 aliphatic carbocycles. The number of hydrogen-bond donors (Lipinski definition) is 1. The number of hydrogen-bond acceptors (Lipinski definition) is 2. The van der Waals surface area contributed by atoms with Crippen molar-refractivity contribution in [3.63, 3.8) is 0 Å². The summed E-state index contributed by atoms with van der Waals surface area (Å²) in [6, 6.07) is -0.630. The Balaban J connectivity index is 2.43. The van der Waals surface area contributed by atoms with Crippen molar-refractivity contribution in [2.75, 3.05) is 0 Å². The molecule has 1 fully saturated rings. The molecule has 9 heavy (non-hydrogen) atoms. The molecule has 4 heteroatoms. The molecule has 1 saturated heterocycles. The lowest BCUT2D eigenvalue weighted by Gasteiger charge is -1.98. The van der Waals surface area contributed by atoms with Crippen LogP contribution in [0.5, 0.6) is 0 Å². The maximum absolute atomic E-state index is 12.2. The van der Waals surface area contributed by atoms with Crippen LogP contribution in [0.2, 0.25) is 0 Å². The molecule has 0 aromatic rings. The van der Waals surface area contributed by atoms with Crippen LogP contribution < -0.4 is 5.32 Å². The van der Waals surface area contributed by atoms with Gasteiger partial charge in [-0.3, -0.25) is 5.32 Å². The first-order valence-corrected chi connectivity index (χ1v) is 2.73. The molecule has 0 saturated carbocycles. The van der Waals surface area contributed by atoms with Crippen molar-refractivity contribution < 1.29 is 13.6 Å². The second-order valence-corrected chi connectivity index (χ2v) is 2.06. The van der Waals surface area contributed by atoms with Gasteiger partial charge in [0, 0.05) is 6.42 Å². The largest absolute Gasteiger partial charge is 0.302 e. The highest BCUT2D eigenvalue weighted by atomic mass is 19.2. The molecule has 52 valence electrons. The lowest BCUT2D eigenvalue weighted by atomic mass is 10.2. The summed E-state index contributed by atoms with van der Waals surface area (Å²) in [6.07, 6.45) is -2.68. The fourth-order valence-electron chi connectivity index (χ4n) is 0.834. The molecule has 3 atom stereocenters. The second kappa shape index (κ2) is 2.39. The first kappa shape index (κ1) is 6.61. The van der Waals surface area contributed by atoms with Crippen LogP contribution in [-0.2, 0) is 4.79 Å². The summed E-state index contributed by atoms with van der Waals surface area (Å²) >= 11 is 0. The Morgan fingerprint density at radius 1 is 1.56 bits per heavy atom. The number of aldehydes is 1. The molecule has 0 radical (unpaired) electrons. The van der Waals surface area contributed by atoms with Crippen molar-refractivity contribution in [2.45, 2.75) is 24.9 Å². The van der Waals surface area contributed by atoms with Gasteiger partial charge in [0.1, 0.15) is 12.5 Å². The van der Waals surface area contributed by atoms with E-state index in [0.29, 0.717) is 6.29 Å². The van der Waals surface area contributed by atoms with Crippen LogP contribution in [0.25, 0.3) is 0 Å². The van der Waals surface area contributed by atoms with Gasteiger partial charge in [-0.15, -0.1) is 0 Å². The zero-order valence-corrected chi connectivity index (χ0v) is 4.68. The summed E-state index contributed by atoms with van der Waals surface area (Å²) < 4.78 is 24.3. The predicted molar refractivity (Wildman–Crippen MR) is 27.4 cm³/mol. The van der Waals surface area contributed by atoms with Crippen LogP contribution in [0.15, 0.2) is 0 Å². The third-order valence-electron chi connectivity index (χ3n) is 1.33. The van der Waals surface area contributed by atoms with E-state index in [-0.39, 0.29) is 6.42 Å². The number of carbonyl (C=O) groups excluding carboxylic acids is 1. The Bertz CT molecular complexity index is 110. The number of alkyl halides is 2. The molecule has 0 aromatic heterocycles. The summed E-state index contributed by atoms with van der Waals surface area (Å²) in [5, 5.41) is 2.14. The zero-order chi connectivity index (χ0) is 6.85.